The molecule has 156 valence electrons. The Labute approximate surface area is 169 Å². The van der Waals surface area contributed by atoms with E-state index in [1.54, 1.807) is 30.3 Å². The van der Waals surface area contributed by atoms with Crippen molar-refractivity contribution in [3.8, 4) is 5.75 Å². The molecule has 1 fully saturated rings. The fraction of sp³-hybridized carbons (Fsp3) is 0.476. The molecule has 29 heavy (non-hydrogen) atoms. The van der Waals surface area contributed by atoms with Gasteiger partial charge < -0.3 is 24.6 Å². The van der Waals surface area contributed by atoms with Crippen LogP contribution in [-0.4, -0.2) is 36.2 Å². The minimum absolute atomic E-state index is 0.0573. The molecule has 1 saturated heterocycles. The number of benzene rings is 1. The molecule has 0 unspecified atom stereocenters. The van der Waals surface area contributed by atoms with Crippen LogP contribution in [-0.2, 0) is 16.1 Å². The van der Waals surface area contributed by atoms with E-state index in [2.05, 4.69) is 15.8 Å². The predicted octanol–water partition coefficient (Wildman–Crippen LogP) is 3.15. The van der Waals surface area contributed by atoms with Crippen molar-refractivity contribution < 1.29 is 23.6 Å². The van der Waals surface area contributed by atoms with Crippen LogP contribution in [0.2, 0.25) is 0 Å². The summed E-state index contributed by atoms with van der Waals surface area (Å²) in [4.78, 5) is 24.1. The zero-order valence-electron chi connectivity index (χ0n) is 17.0. The van der Waals surface area contributed by atoms with Gasteiger partial charge in [0.05, 0.1) is 6.10 Å². The molecule has 8 heteroatoms. The lowest BCUT2D eigenvalue weighted by molar-refractivity contribution is -0.123. The van der Waals surface area contributed by atoms with Gasteiger partial charge in [0.15, 0.2) is 11.5 Å². The van der Waals surface area contributed by atoms with Crippen molar-refractivity contribution in [1.29, 1.82) is 0 Å². The lowest BCUT2D eigenvalue weighted by Crippen LogP contribution is -2.31. The zero-order valence-corrected chi connectivity index (χ0v) is 17.0. The van der Waals surface area contributed by atoms with Crippen LogP contribution in [0.3, 0.4) is 0 Å². The molecule has 1 aromatic carbocycles. The molecule has 0 saturated carbocycles. The summed E-state index contributed by atoms with van der Waals surface area (Å²) in [5.74, 6) is 0.699. The highest BCUT2D eigenvalue weighted by atomic mass is 16.5. The number of nitrogens with zero attached hydrogens (tertiary/aromatic N) is 1. The first-order valence-electron chi connectivity index (χ1n) is 9.71. The van der Waals surface area contributed by atoms with E-state index in [-0.39, 0.29) is 30.2 Å². The number of ether oxygens (including phenoxy) is 2. The first kappa shape index (κ1) is 20.9. The third-order valence-electron chi connectivity index (χ3n) is 4.48. The smallest absolute Gasteiger partial charge is 0.273 e. The van der Waals surface area contributed by atoms with E-state index in [0.717, 1.165) is 19.4 Å². The highest BCUT2D eigenvalue weighted by Crippen LogP contribution is 2.20. The number of carbonyl (C=O) groups is 2. The largest absolute Gasteiger partial charge is 0.486 e. The second-order valence-electron chi connectivity index (χ2n) is 8.04. The van der Waals surface area contributed by atoms with E-state index in [4.69, 9.17) is 14.0 Å². The zero-order chi connectivity index (χ0) is 20.9. The number of carbonyl (C=O) groups excluding carboxylic acids is 2. The van der Waals surface area contributed by atoms with Crippen LogP contribution < -0.4 is 15.4 Å². The van der Waals surface area contributed by atoms with Gasteiger partial charge >= 0.3 is 0 Å². The maximum absolute atomic E-state index is 12.1. The minimum Gasteiger partial charge on any atom is -0.486 e. The van der Waals surface area contributed by atoms with Crippen molar-refractivity contribution in [2.75, 3.05) is 18.5 Å². The van der Waals surface area contributed by atoms with Crippen LogP contribution in [0, 0.1) is 5.41 Å². The molecule has 1 atom stereocenters. The highest BCUT2D eigenvalue weighted by Gasteiger charge is 2.21. The van der Waals surface area contributed by atoms with Gasteiger partial charge in [0.25, 0.3) is 5.91 Å². The molecule has 2 amide bonds. The quantitative estimate of drug-likeness (QED) is 0.739. The normalized spacial score (nSPS) is 16.4. The number of hydrogen-bond donors (Lipinski definition) is 2. The van der Waals surface area contributed by atoms with Gasteiger partial charge in [-0.05, 0) is 37.1 Å². The molecular formula is C21H27N3O5. The summed E-state index contributed by atoms with van der Waals surface area (Å²) < 4.78 is 16.3. The minimum atomic E-state index is -0.463. The summed E-state index contributed by atoms with van der Waals surface area (Å²) in [5.41, 5.74) is 0.444. The monoisotopic (exact) mass is 401 g/mol. The summed E-state index contributed by atoms with van der Waals surface area (Å²) in [6.45, 7) is 6.92. The van der Waals surface area contributed by atoms with E-state index in [0.29, 0.717) is 23.7 Å². The maximum atomic E-state index is 12.1. The Morgan fingerprint density at radius 1 is 1.24 bits per heavy atom. The van der Waals surface area contributed by atoms with Gasteiger partial charge in [0, 0.05) is 30.3 Å². The molecule has 2 aromatic rings. The Morgan fingerprint density at radius 2 is 2.00 bits per heavy atom. The van der Waals surface area contributed by atoms with E-state index < -0.39 is 5.41 Å². The van der Waals surface area contributed by atoms with Crippen molar-refractivity contribution in [3.05, 3.63) is 41.8 Å². The van der Waals surface area contributed by atoms with Crippen molar-refractivity contribution in [2.24, 2.45) is 5.41 Å². The van der Waals surface area contributed by atoms with Gasteiger partial charge in [-0.3, -0.25) is 9.59 Å². The van der Waals surface area contributed by atoms with Crippen molar-refractivity contribution >= 4 is 17.5 Å². The van der Waals surface area contributed by atoms with Crippen molar-refractivity contribution in [3.63, 3.8) is 0 Å². The molecule has 2 heterocycles. The molecular weight excluding hydrogens is 374 g/mol. The Morgan fingerprint density at radius 3 is 2.66 bits per heavy atom. The van der Waals surface area contributed by atoms with E-state index in [1.807, 2.05) is 20.8 Å². The second kappa shape index (κ2) is 9.09. The van der Waals surface area contributed by atoms with Crippen molar-refractivity contribution in [1.82, 2.24) is 10.5 Å². The number of aromatic nitrogens is 1. The molecule has 0 bridgehead atoms. The molecule has 0 spiro atoms. The van der Waals surface area contributed by atoms with Gasteiger partial charge in [0.2, 0.25) is 5.91 Å². The lowest BCUT2D eigenvalue weighted by Gasteiger charge is -2.17. The summed E-state index contributed by atoms with van der Waals surface area (Å²) in [7, 11) is 0. The lowest BCUT2D eigenvalue weighted by atomic mass is 9.95. The van der Waals surface area contributed by atoms with Crippen molar-refractivity contribution in [2.45, 2.75) is 46.3 Å². The number of anilines is 1. The summed E-state index contributed by atoms with van der Waals surface area (Å²) in [6, 6.07) is 8.60. The third-order valence-corrected chi connectivity index (χ3v) is 4.48. The maximum Gasteiger partial charge on any atom is 0.273 e. The average molecular weight is 401 g/mol. The Kier molecular flexibility index (Phi) is 6.53. The first-order chi connectivity index (χ1) is 13.8. The van der Waals surface area contributed by atoms with Crippen LogP contribution in [0.5, 0.6) is 5.75 Å². The van der Waals surface area contributed by atoms with Gasteiger partial charge in [-0.2, -0.15) is 0 Å². The fourth-order valence-electron chi connectivity index (χ4n) is 2.70. The second-order valence-corrected chi connectivity index (χ2v) is 8.04. The first-order valence-corrected chi connectivity index (χ1v) is 9.71. The Bertz CT molecular complexity index is 833. The summed E-state index contributed by atoms with van der Waals surface area (Å²) in [6.07, 6.45) is 2.05. The van der Waals surface area contributed by atoms with Crippen LogP contribution in [0.4, 0.5) is 5.69 Å². The van der Waals surface area contributed by atoms with E-state index in [1.165, 1.54) is 0 Å². The van der Waals surface area contributed by atoms with Crippen LogP contribution in [0.15, 0.2) is 34.9 Å². The molecule has 0 aliphatic carbocycles. The molecule has 1 aliphatic heterocycles. The molecule has 1 aliphatic rings. The third kappa shape index (κ3) is 6.05. The number of nitrogens with one attached hydrogen (secondary N) is 2. The summed E-state index contributed by atoms with van der Waals surface area (Å²) >= 11 is 0. The highest BCUT2D eigenvalue weighted by molar-refractivity contribution is 5.94. The van der Waals surface area contributed by atoms with Crippen LogP contribution >= 0.6 is 0 Å². The standard InChI is InChI=1S/C21H27N3O5/c1-21(2,3)20(26)23-14-6-8-15(9-7-14)28-13-17-11-18(24-29-17)19(25)22-12-16-5-4-10-27-16/h6-9,11,16H,4-5,10,12-13H2,1-3H3,(H,22,25)(H,23,26)/t16-/m1/s1. The van der Waals surface area contributed by atoms with Gasteiger partial charge in [-0.25, -0.2) is 0 Å². The Balaban J connectivity index is 1.46. The van der Waals surface area contributed by atoms with Gasteiger partial charge in [-0.15, -0.1) is 0 Å². The molecule has 8 nitrogen and oxygen atoms in total. The average Bonchev–Trinajstić information content (AvgIpc) is 3.37. The molecule has 2 N–H and O–H groups in total. The summed E-state index contributed by atoms with van der Waals surface area (Å²) in [5, 5.41) is 9.44. The van der Waals surface area contributed by atoms with Crippen LogP contribution in [0.25, 0.3) is 0 Å². The van der Waals surface area contributed by atoms with E-state index in [9.17, 15) is 9.59 Å². The Hall–Kier alpha value is -2.87. The van der Waals surface area contributed by atoms with E-state index >= 15 is 0 Å². The number of amides is 2. The molecule has 3 rings (SSSR count). The van der Waals surface area contributed by atoms with Crippen LogP contribution in [0.1, 0.15) is 49.9 Å². The van der Waals surface area contributed by atoms with Gasteiger partial charge in [-0.1, -0.05) is 25.9 Å². The topological polar surface area (TPSA) is 103 Å². The molecule has 1 aromatic heterocycles. The number of rotatable bonds is 7. The fourth-order valence-corrected chi connectivity index (χ4v) is 2.70. The van der Waals surface area contributed by atoms with Gasteiger partial charge in [0.1, 0.15) is 12.4 Å². The number of hydrogen-bond acceptors (Lipinski definition) is 6. The predicted molar refractivity (Wildman–Crippen MR) is 107 cm³/mol. The molecule has 0 radical (unpaired) electrons. The SMILES string of the molecule is CC(C)(C)C(=O)Nc1ccc(OCc2cc(C(=O)NC[C@H]3CCCO3)no2)cc1.